The second-order valence-electron chi connectivity index (χ2n) is 7.55. The number of aliphatic hydroxyl groups excluding tert-OH is 1. The number of halogens is 2. The summed E-state index contributed by atoms with van der Waals surface area (Å²) >= 11 is 0. The van der Waals surface area contributed by atoms with Crippen molar-refractivity contribution in [1.82, 2.24) is 14.9 Å². The zero-order valence-corrected chi connectivity index (χ0v) is 16.1. The van der Waals surface area contributed by atoms with Crippen LogP contribution in [0.4, 0.5) is 8.78 Å². The Morgan fingerprint density at radius 3 is 2.80 bits per heavy atom. The van der Waals surface area contributed by atoms with E-state index >= 15 is 0 Å². The topological polar surface area (TPSA) is 69.2 Å². The Bertz CT molecular complexity index is 1300. The highest BCUT2D eigenvalue weighted by Crippen LogP contribution is 2.35. The zero-order chi connectivity index (χ0) is 20.8. The molecule has 2 aromatic carbocycles. The average molecular weight is 407 g/mol. The number of pyridine rings is 1. The highest BCUT2D eigenvalue weighted by Gasteiger charge is 2.26. The number of hydrogen-bond acceptors (Lipinski definition) is 3. The summed E-state index contributed by atoms with van der Waals surface area (Å²) in [5.74, 6) is -2.10. The standard InChI is InChI=1S/C23H19F2N3O2/c24-16-6-5-13(9-17(16)25)10-19-23-22(14-3-1-2-4-18(14)27-23)15-7-8-28(21(30)12-29)11-20(15)26-19/h1-6,9,27,29H,7-8,10-12H2. The summed E-state index contributed by atoms with van der Waals surface area (Å²) in [6, 6.07) is 11.8. The predicted molar refractivity (Wildman–Crippen MR) is 109 cm³/mol. The van der Waals surface area contributed by atoms with E-state index in [2.05, 4.69) is 4.98 Å². The third-order valence-electron chi connectivity index (χ3n) is 5.73. The van der Waals surface area contributed by atoms with Gasteiger partial charge in [-0.05, 0) is 35.7 Å². The number of nitrogens with zero attached hydrogens (tertiary/aromatic N) is 2. The first-order valence-corrected chi connectivity index (χ1v) is 9.78. The number of hydrogen-bond donors (Lipinski definition) is 2. The molecule has 4 aromatic rings. The molecule has 3 heterocycles. The van der Waals surface area contributed by atoms with Crippen LogP contribution in [0.2, 0.25) is 0 Å². The van der Waals surface area contributed by atoms with Crippen LogP contribution in [0.5, 0.6) is 0 Å². The molecule has 1 aliphatic heterocycles. The molecule has 2 N–H and O–H groups in total. The minimum absolute atomic E-state index is 0.314. The Labute approximate surface area is 171 Å². The quantitative estimate of drug-likeness (QED) is 0.547. The van der Waals surface area contributed by atoms with Crippen LogP contribution in [-0.4, -0.2) is 39.0 Å². The number of rotatable bonds is 3. The Morgan fingerprint density at radius 1 is 1.17 bits per heavy atom. The van der Waals surface area contributed by atoms with Crippen LogP contribution >= 0.6 is 0 Å². The molecule has 0 saturated heterocycles. The number of H-pyrrole nitrogens is 1. The van der Waals surface area contributed by atoms with E-state index in [-0.39, 0.29) is 5.91 Å². The maximum absolute atomic E-state index is 13.7. The molecular weight excluding hydrogens is 388 g/mol. The fourth-order valence-electron chi connectivity index (χ4n) is 4.29. The van der Waals surface area contributed by atoms with E-state index in [9.17, 15) is 18.7 Å². The Kier molecular flexibility index (Phi) is 4.47. The molecule has 5 nitrogen and oxygen atoms in total. The van der Waals surface area contributed by atoms with Crippen molar-refractivity contribution >= 4 is 27.7 Å². The van der Waals surface area contributed by atoms with E-state index < -0.39 is 18.2 Å². The number of benzene rings is 2. The first kappa shape index (κ1) is 18.7. The number of aromatic amines is 1. The molecule has 2 aromatic heterocycles. The van der Waals surface area contributed by atoms with E-state index in [0.29, 0.717) is 37.2 Å². The molecule has 0 bridgehead atoms. The number of nitrogens with one attached hydrogen (secondary N) is 1. The highest BCUT2D eigenvalue weighted by molar-refractivity contribution is 6.10. The van der Waals surface area contributed by atoms with Gasteiger partial charge in [0.2, 0.25) is 5.91 Å². The summed E-state index contributed by atoms with van der Waals surface area (Å²) in [5, 5.41) is 11.4. The number of fused-ring (bicyclic) bond motifs is 5. The summed E-state index contributed by atoms with van der Waals surface area (Å²) in [6.07, 6.45) is 0.958. The van der Waals surface area contributed by atoms with Crippen molar-refractivity contribution in [3.05, 3.63) is 76.6 Å². The first-order chi connectivity index (χ1) is 14.5. The summed E-state index contributed by atoms with van der Waals surface area (Å²) in [6.45, 7) is 0.298. The van der Waals surface area contributed by atoms with Crippen LogP contribution < -0.4 is 0 Å². The molecule has 152 valence electrons. The molecule has 7 heteroatoms. The zero-order valence-electron chi connectivity index (χ0n) is 16.1. The normalized spacial score (nSPS) is 13.8. The lowest BCUT2D eigenvalue weighted by Gasteiger charge is -2.28. The average Bonchev–Trinajstić information content (AvgIpc) is 3.15. The number of aliphatic hydroxyl groups is 1. The van der Waals surface area contributed by atoms with Gasteiger partial charge in [-0.3, -0.25) is 9.78 Å². The van der Waals surface area contributed by atoms with Gasteiger partial charge in [-0.15, -0.1) is 0 Å². The second kappa shape index (κ2) is 7.18. The third kappa shape index (κ3) is 3.02. The van der Waals surface area contributed by atoms with Gasteiger partial charge in [0.05, 0.1) is 23.4 Å². The first-order valence-electron chi connectivity index (χ1n) is 9.78. The van der Waals surface area contributed by atoms with Gasteiger partial charge >= 0.3 is 0 Å². The molecule has 1 amide bonds. The lowest BCUT2D eigenvalue weighted by Crippen LogP contribution is -2.38. The van der Waals surface area contributed by atoms with Crippen molar-refractivity contribution in [3.8, 4) is 0 Å². The molecule has 5 rings (SSSR count). The molecule has 0 saturated carbocycles. The minimum atomic E-state index is -0.891. The van der Waals surface area contributed by atoms with Gasteiger partial charge in [0, 0.05) is 29.3 Å². The van der Waals surface area contributed by atoms with Gasteiger partial charge in [0.25, 0.3) is 0 Å². The number of para-hydroxylation sites is 1. The van der Waals surface area contributed by atoms with E-state index in [1.807, 2.05) is 24.3 Å². The van der Waals surface area contributed by atoms with Crippen molar-refractivity contribution in [2.75, 3.05) is 13.2 Å². The molecule has 0 fully saturated rings. The third-order valence-corrected chi connectivity index (χ3v) is 5.73. The summed E-state index contributed by atoms with van der Waals surface area (Å²) in [4.78, 5) is 21.9. The number of amides is 1. The predicted octanol–water partition coefficient (Wildman–Crippen LogP) is 3.46. The Hall–Kier alpha value is -3.32. The maximum Gasteiger partial charge on any atom is 0.248 e. The van der Waals surface area contributed by atoms with Gasteiger partial charge in [-0.1, -0.05) is 24.3 Å². The smallest absolute Gasteiger partial charge is 0.248 e. The van der Waals surface area contributed by atoms with E-state index in [1.165, 1.54) is 6.07 Å². The van der Waals surface area contributed by atoms with Crippen molar-refractivity contribution in [2.45, 2.75) is 19.4 Å². The van der Waals surface area contributed by atoms with Gasteiger partial charge < -0.3 is 15.0 Å². The summed E-state index contributed by atoms with van der Waals surface area (Å²) < 4.78 is 27.1. The Morgan fingerprint density at radius 2 is 2.00 bits per heavy atom. The van der Waals surface area contributed by atoms with Crippen LogP contribution in [0.25, 0.3) is 21.8 Å². The fraction of sp³-hybridized carbons (Fsp3) is 0.217. The number of carbonyl (C=O) groups is 1. The molecule has 1 aliphatic rings. The van der Waals surface area contributed by atoms with Crippen LogP contribution in [0.1, 0.15) is 22.5 Å². The Balaban J connectivity index is 1.69. The molecule has 0 radical (unpaired) electrons. The van der Waals surface area contributed by atoms with Crippen LogP contribution in [-0.2, 0) is 24.2 Å². The van der Waals surface area contributed by atoms with Crippen LogP contribution in [0, 0.1) is 11.6 Å². The van der Waals surface area contributed by atoms with E-state index in [1.54, 1.807) is 11.0 Å². The molecule has 0 atom stereocenters. The van der Waals surface area contributed by atoms with E-state index in [0.717, 1.165) is 39.1 Å². The van der Waals surface area contributed by atoms with Crippen LogP contribution in [0.3, 0.4) is 0 Å². The SMILES string of the molecule is O=C(CO)N1CCc2c(nc(Cc3ccc(F)c(F)c3)c3[nH]c4ccccc4c23)C1. The van der Waals surface area contributed by atoms with Gasteiger partial charge in [0.15, 0.2) is 11.6 Å². The molecule has 0 unspecified atom stereocenters. The molecular formula is C23H19F2N3O2. The van der Waals surface area contributed by atoms with Crippen molar-refractivity contribution in [2.24, 2.45) is 0 Å². The van der Waals surface area contributed by atoms with Crippen molar-refractivity contribution < 1.29 is 18.7 Å². The fourth-order valence-corrected chi connectivity index (χ4v) is 4.29. The monoisotopic (exact) mass is 407 g/mol. The summed E-state index contributed by atoms with van der Waals surface area (Å²) in [5.41, 5.74) is 5.03. The van der Waals surface area contributed by atoms with Gasteiger partial charge in [-0.25, -0.2) is 8.78 Å². The number of carbonyl (C=O) groups excluding carboxylic acids is 1. The summed E-state index contributed by atoms with van der Waals surface area (Å²) in [7, 11) is 0. The van der Waals surface area contributed by atoms with Gasteiger partial charge in [-0.2, -0.15) is 0 Å². The molecule has 0 spiro atoms. The van der Waals surface area contributed by atoms with Crippen molar-refractivity contribution in [1.29, 1.82) is 0 Å². The van der Waals surface area contributed by atoms with E-state index in [4.69, 9.17) is 4.98 Å². The van der Waals surface area contributed by atoms with Crippen LogP contribution in [0.15, 0.2) is 42.5 Å². The number of aromatic nitrogens is 2. The minimum Gasteiger partial charge on any atom is -0.387 e. The molecule has 0 aliphatic carbocycles. The van der Waals surface area contributed by atoms with Gasteiger partial charge in [0.1, 0.15) is 6.61 Å². The maximum atomic E-state index is 13.7. The lowest BCUT2D eigenvalue weighted by molar-refractivity contribution is -0.135. The molecule has 30 heavy (non-hydrogen) atoms. The largest absolute Gasteiger partial charge is 0.387 e. The van der Waals surface area contributed by atoms with Crippen molar-refractivity contribution in [3.63, 3.8) is 0 Å². The second-order valence-corrected chi connectivity index (χ2v) is 7.55. The lowest BCUT2D eigenvalue weighted by atomic mass is 9.96. The highest BCUT2D eigenvalue weighted by atomic mass is 19.2.